The summed E-state index contributed by atoms with van der Waals surface area (Å²) in [5.74, 6) is -2.64. The van der Waals surface area contributed by atoms with Gasteiger partial charge < -0.3 is 9.31 Å². The lowest BCUT2D eigenvalue weighted by Gasteiger charge is -2.32. The molecule has 2 aliphatic rings. The molecule has 0 bridgehead atoms. The highest BCUT2D eigenvalue weighted by molar-refractivity contribution is 9.10. The summed E-state index contributed by atoms with van der Waals surface area (Å²) in [5.41, 5.74) is -0.598. The summed E-state index contributed by atoms with van der Waals surface area (Å²) >= 11 is 3.42. The molecule has 0 N–H and O–H groups in total. The zero-order chi connectivity index (χ0) is 16.6. The van der Waals surface area contributed by atoms with E-state index in [9.17, 15) is 8.78 Å². The van der Waals surface area contributed by atoms with Crippen molar-refractivity contribution in [1.29, 1.82) is 0 Å². The van der Waals surface area contributed by atoms with Crippen LogP contribution in [0.3, 0.4) is 0 Å². The Bertz CT molecular complexity index is 617. The highest BCUT2D eigenvalue weighted by Gasteiger charge is 2.68. The van der Waals surface area contributed by atoms with E-state index < -0.39 is 29.7 Å². The van der Waals surface area contributed by atoms with Gasteiger partial charge in [0.05, 0.1) is 16.6 Å². The molecule has 2 nitrogen and oxygen atoms in total. The highest BCUT2D eigenvalue weighted by atomic mass is 79.9. The quantitative estimate of drug-likeness (QED) is 0.729. The average Bonchev–Trinajstić information content (AvgIpc) is 2.77. The lowest BCUT2D eigenvalue weighted by atomic mass is 9.77. The largest absolute Gasteiger partial charge is 0.494 e. The molecular weight excluding hydrogens is 353 g/mol. The second-order valence-electron chi connectivity index (χ2n) is 7.57. The number of hydrogen-bond donors (Lipinski definition) is 0. The van der Waals surface area contributed by atoms with Crippen LogP contribution in [-0.4, -0.2) is 24.2 Å². The molecule has 6 heteroatoms. The Hall–Kier alpha value is -0.455. The topological polar surface area (TPSA) is 18.5 Å². The Kier molecular flexibility index (Phi) is 3.39. The van der Waals surface area contributed by atoms with Gasteiger partial charge in [0.15, 0.2) is 0 Å². The minimum Gasteiger partial charge on any atom is -0.399 e. The van der Waals surface area contributed by atoms with Crippen LogP contribution in [0.15, 0.2) is 22.7 Å². The van der Waals surface area contributed by atoms with E-state index in [2.05, 4.69) is 15.9 Å². The van der Waals surface area contributed by atoms with Crippen molar-refractivity contribution in [3.8, 4) is 0 Å². The minimum atomic E-state index is -2.64. The first-order valence-electron chi connectivity index (χ1n) is 7.42. The van der Waals surface area contributed by atoms with Crippen LogP contribution in [0.5, 0.6) is 0 Å². The molecule has 1 atom stereocenters. The van der Waals surface area contributed by atoms with E-state index >= 15 is 0 Å². The first-order chi connectivity index (χ1) is 9.88. The fraction of sp³-hybridized carbons (Fsp3) is 0.625. The van der Waals surface area contributed by atoms with Crippen LogP contribution in [-0.2, 0) is 14.7 Å². The lowest BCUT2D eigenvalue weighted by molar-refractivity contribution is 0.00578. The van der Waals surface area contributed by atoms with Gasteiger partial charge in [0.2, 0.25) is 0 Å². The van der Waals surface area contributed by atoms with E-state index in [0.717, 1.165) is 9.94 Å². The van der Waals surface area contributed by atoms with Gasteiger partial charge in [-0.25, -0.2) is 8.78 Å². The molecule has 120 valence electrons. The van der Waals surface area contributed by atoms with Crippen LogP contribution in [0.25, 0.3) is 0 Å². The van der Waals surface area contributed by atoms with Crippen molar-refractivity contribution in [3.63, 3.8) is 0 Å². The van der Waals surface area contributed by atoms with Crippen molar-refractivity contribution >= 4 is 28.5 Å². The molecule has 1 saturated carbocycles. The summed E-state index contributed by atoms with van der Waals surface area (Å²) in [7, 11) is -0.544. The molecule has 1 aromatic carbocycles. The predicted molar refractivity (Wildman–Crippen MR) is 86.8 cm³/mol. The van der Waals surface area contributed by atoms with Gasteiger partial charge >= 0.3 is 7.12 Å². The molecule has 2 fully saturated rings. The summed E-state index contributed by atoms with van der Waals surface area (Å²) < 4.78 is 40.1. The molecule has 3 rings (SSSR count). The number of benzene rings is 1. The van der Waals surface area contributed by atoms with Crippen LogP contribution in [0.4, 0.5) is 8.78 Å². The van der Waals surface area contributed by atoms with Crippen molar-refractivity contribution in [2.75, 3.05) is 0 Å². The highest BCUT2D eigenvalue weighted by Crippen LogP contribution is 2.61. The minimum absolute atomic E-state index is 0.112. The summed E-state index contributed by atoms with van der Waals surface area (Å²) in [6.07, 6.45) is -0.112. The van der Waals surface area contributed by atoms with Crippen molar-refractivity contribution in [1.82, 2.24) is 0 Å². The van der Waals surface area contributed by atoms with Gasteiger partial charge in [-0.1, -0.05) is 22.0 Å². The molecule has 1 aliphatic heterocycles. The Morgan fingerprint density at radius 2 is 1.50 bits per heavy atom. The van der Waals surface area contributed by atoms with Gasteiger partial charge in [-0.2, -0.15) is 0 Å². The normalized spacial score (nSPS) is 31.4. The van der Waals surface area contributed by atoms with Gasteiger partial charge in [-0.15, -0.1) is 0 Å². The summed E-state index contributed by atoms with van der Waals surface area (Å²) in [6, 6.07) is 5.42. The Morgan fingerprint density at radius 1 is 1.00 bits per heavy atom. The van der Waals surface area contributed by atoms with Crippen LogP contribution in [0.2, 0.25) is 0 Å². The molecule has 0 aromatic heterocycles. The molecule has 0 amide bonds. The van der Waals surface area contributed by atoms with Gasteiger partial charge in [-0.05, 0) is 57.8 Å². The van der Waals surface area contributed by atoms with Crippen molar-refractivity contribution in [3.05, 3.63) is 28.2 Å². The third kappa shape index (κ3) is 2.34. The van der Waals surface area contributed by atoms with Gasteiger partial charge in [0, 0.05) is 10.9 Å². The molecule has 1 heterocycles. The Morgan fingerprint density at radius 3 is 1.95 bits per heavy atom. The van der Waals surface area contributed by atoms with Crippen molar-refractivity contribution < 1.29 is 18.1 Å². The van der Waals surface area contributed by atoms with Crippen LogP contribution in [0, 0.1) is 0 Å². The maximum Gasteiger partial charge on any atom is 0.494 e. The van der Waals surface area contributed by atoms with E-state index in [1.807, 2.05) is 33.8 Å². The SMILES string of the molecule is CC1(C)OB(c2cc(Br)cc(C3(C)CC3(F)F)c2)OC1(C)C. The Labute approximate surface area is 138 Å². The third-order valence-electron chi connectivity index (χ3n) is 5.34. The predicted octanol–water partition coefficient (Wildman–Crippen LogP) is 4.05. The van der Waals surface area contributed by atoms with E-state index in [1.165, 1.54) is 0 Å². The molecule has 1 unspecified atom stereocenters. The second kappa shape index (κ2) is 4.55. The lowest BCUT2D eigenvalue weighted by Crippen LogP contribution is -2.41. The fourth-order valence-electron chi connectivity index (χ4n) is 2.76. The summed E-state index contributed by atoms with van der Waals surface area (Å²) in [6.45, 7) is 9.50. The van der Waals surface area contributed by atoms with Crippen LogP contribution >= 0.6 is 15.9 Å². The molecule has 1 aliphatic carbocycles. The standard InChI is InChI=1S/C16H20BBrF2O2/c1-13(2)14(3,4)22-17(21-13)11-6-10(7-12(18)8-11)15(5)9-16(15,19)20/h6-8H,9H2,1-5H3. The maximum absolute atomic E-state index is 13.7. The van der Waals surface area contributed by atoms with E-state index in [4.69, 9.17) is 9.31 Å². The molecule has 1 saturated heterocycles. The first kappa shape index (κ1) is 16.4. The third-order valence-corrected chi connectivity index (χ3v) is 5.80. The fourth-order valence-corrected chi connectivity index (χ4v) is 3.27. The monoisotopic (exact) mass is 372 g/mol. The summed E-state index contributed by atoms with van der Waals surface area (Å²) in [5, 5.41) is 0. The molecule has 0 radical (unpaired) electrons. The second-order valence-corrected chi connectivity index (χ2v) is 8.49. The zero-order valence-electron chi connectivity index (χ0n) is 13.5. The van der Waals surface area contributed by atoms with Gasteiger partial charge in [0.25, 0.3) is 5.92 Å². The van der Waals surface area contributed by atoms with Crippen molar-refractivity contribution in [2.45, 2.75) is 63.6 Å². The molecule has 1 aromatic rings. The van der Waals surface area contributed by atoms with E-state index in [1.54, 1.807) is 19.1 Å². The number of halogens is 3. The van der Waals surface area contributed by atoms with E-state index in [0.29, 0.717) is 5.56 Å². The Balaban J connectivity index is 1.96. The van der Waals surface area contributed by atoms with E-state index in [-0.39, 0.29) is 6.42 Å². The van der Waals surface area contributed by atoms with Crippen molar-refractivity contribution in [2.24, 2.45) is 0 Å². The zero-order valence-corrected chi connectivity index (χ0v) is 15.1. The molecular formula is C16H20BBrF2O2. The smallest absolute Gasteiger partial charge is 0.399 e. The number of hydrogen-bond acceptors (Lipinski definition) is 2. The average molecular weight is 373 g/mol. The summed E-state index contributed by atoms with van der Waals surface area (Å²) in [4.78, 5) is 0. The van der Waals surface area contributed by atoms with Gasteiger partial charge in [0.1, 0.15) is 0 Å². The number of alkyl halides is 2. The molecule has 0 spiro atoms. The van der Waals surface area contributed by atoms with Crippen LogP contribution in [0.1, 0.15) is 46.6 Å². The van der Waals surface area contributed by atoms with Gasteiger partial charge in [-0.3, -0.25) is 0 Å². The van der Waals surface area contributed by atoms with Crippen LogP contribution < -0.4 is 5.46 Å². The maximum atomic E-state index is 13.7. The molecule has 22 heavy (non-hydrogen) atoms. The number of rotatable bonds is 2. The first-order valence-corrected chi connectivity index (χ1v) is 8.22.